The van der Waals surface area contributed by atoms with Gasteiger partial charge in [0, 0.05) is 11.1 Å². The Kier molecular flexibility index (Phi) is 4.42. The van der Waals surface area contributed by atoms with Crippen LogP contribution in [0.2, 0.25) is 0 Å². The molecule has 1 aromatic heterocycles. The lowest BCUT2D eigenvalue weighted by Gasteiger charge is -2.14. The first-order chi connectivity index (χ1) is 12.5. The van der Waals surface area contributed by atoms with E-state index in [0.717, 1.165) is 5.56 Å². The van der Waals surface area contributed by atoms with Crippen LogP contribution in [0.5, 0.6) is 11.5 Å². The average Bonchev–Trinajstić information content (AvgIpc) is 2.63. The highest BCUT2D eigenvalue weighted by Gasteiger charge is 2.21. The second kappa shape index (κ2) is 6.84. The summed E-state index contributed by atoms with van der Waals surface area (Å²) in [7, 11) is 0. The maximum atomic E-state index is 12.1. The fraction of sp³-hybridized carbons (Fsp3) is 0.0500. The summed E-state index contributed by atoms with van der Waals surface area (Å²) in [5.41, 5.74) is 6.68. The minimum absolute atomic E-state index is 0.0288. The average molecular weight is 342 g/mol. The van der Waals surface area contributed by atoms with Crippen LogP contribution < -0.4 is 16.0 Å². The smallest absolute Gasteiger partial charge is 0.268 e. The number of H-pyrrole nitrogens is 1. The highest BCUT2D eigenvalue weighted by atomic mass is 16.5. The predicted molar refractivity (Wildman–Crippen MR) is 97.6 cm³/mol. The highest BCUT2D eigenvalue weighted by Crippen LogP contribution is 2.37. The number of aromatic nitrogens is 1. The summed E-state index contributed by atoms with van der Waals surface area (Å²) in [6.07, 6.45) is 0. The van der Waals surface area contributed by atoms with Crippen molar-refractivity contribution < 1.29 is 4.74 Å². The number of nitrogens with zero attached hydrogens (tertiary/aromatic N) is 2. The minimum Gasteiger partial charge on any atom is -0.457 e. The van der Waals surface area contributed by atoms with Gasteiger partial charge in [-0.3, -0.25) is 4.79 Å². The molecule has 0 aliphatic heterocycles. The molecular formula is C20H14N4O2. The van der Waals surface area contributed by atoms with Crippen molar-refractivity contribution >= 4 is 5.82 Å². The Bertz CT molecular complexity index is 1120. The van der Waals surface area contributed by atoms with E-state index in [9.17, 15) is 15.3 Å². The molecule has 2 aromatic carbocycles. The third-order valence-electron chi connectivity index (χ3n) is 3.87. The van der Waals surface area contributed by atoms with Crippen molar-refractivity contribution in [2.75, 3.05) is 5.73 Å². The normalized spacial score (nSPS) is 9.96. The van der Waals surface area contributed by atoms with E-state index >= 15 is 0 Å². The highest BCUT2D eigenvalue weighted by molar-refractivity contribution is 5.83. The molecule has 0 atom stereocenters. The van der Waals surface area contributed by atoms with E-state index in [2.05, 4.69) is 4.98 Å². The molecule has 0 aliphatic carbocycles. The molecule has 6 nitrogen and oxygen atoms in total. The number of anilines is 1. The minimum atomic E-state index is -0.649. The molecule has 0 aliphatic rings. The number of benzene rings is 2. The summed E-state index contributed by atoms with van der Waals surface area (Å²) in [6.45, 7) is 1.97. The molecule has 0 fully saturated rings. The standard InChI is InChI=1S/C20H14N4O2/c1-12-6-8-13(9-7-12)26-17-5-3-2-4-14(17)18-15(10-21)19(23)24-20(25)16(18)11-22/h2-9H,1H3,(H3,23,24,25). The molecule has 0 bridgehead atoms. The van der Waals surface area contributed by atoms with Gasteiger partial charge >= 0.3 is 0 Å². The molecule has 3 aromatic rings. The van der Waals surface area contributed by atoms with Gasteiger partial charge in [0.2, 0.25) is 0 Å². The number of aryl methyl sites for hydroxylation is 1. The molecule has 26 heavy (non-hydrogen) atoms. The van der Waals surface area contributed by atoms with Crippen LogP contribution in [0.4, 0.5) is 5.82 Å². The van der Waals surface area contributed by atoms with E-state index in [4.69, 9.17) is 10.5 Å². The number of nitriles is 2. The number of para-hydroxylation sites is 1. The number of ether oxygens (including phenoxy) is 1. The lowest BCUT2D eigenvalue weighted by molar-refractivity contribution is 0.484. The third-order valence-corrected chi connectivity index (χ3v) is 3.87. The number of nitrogens with two attached hydrogens (primary N) is 1. The second-order valence-electron chi connectivity index (χ2n) is 5.63. The van der Waals surface area contributed by atoms with Crippen molar-refractivity contribution in [2.45, 2.75) is 6.92 Å². The van der Waals surface area contributed by atoms with Crippen molar-refractivity contribution in [2.24, 2.45) is 0 Å². The van der Waals surface area contributed by atoms with Crippen LogP contribution in [0.1, 0.15) is 16.7 Å². The molecule has 3 N–H and O–H groups in total. The van der Waals surface area contributed by atoms with Gasteiger partial charge in [-0.05, 0) is 25.1 Å². The van der Waals surface area contributed by atoms with Crippen molar-refractivity contribution in [1.29, 1.82) is 10.5 Å². The fourth-order valence-electron chi connectivity index (χ4n) is 2.61. The van der Waals surface area contributed by atoms with Gasteiger partial charge in [-0.25, -0.2) is 0 Å². The zero-order chi connectivity index (χ0) is 18.7. The first-order valence-corrected chi connectivity index (χ1v) is 7.75. The van der Waals surface area contributed by atoms with Gasteiger partial charge in [-0.2, -0.15) is 10.5 Å². The van der Waals surface area contributed by atoms with Gasteiger partial charge in [-0.1, -0.05) is 35.9 Å². The number of hydrogen-bond donors (Lipinski definition) is 2. The van der Waals surface area contributed by atoms with E-state index in [-0.39, 0.29) is 22.5 Å². The topological polar surface area (TPSA) is 116 Å². The summed E-state index contributed by atoms with van der Waals surface area (Å²) in [6, 6.07) is 18.1. The van der Waals surface area contributed by atoms with E-state index in [1.807, 2.05) is 43.3 Å². The van der Waals surface area contributed by atoms with Crippen LogP contribution in [0.3, 0.4) is 0 Å². The van der Waals surface area contributed by atoms with Crippen LogP contribution in [0.25, 0.3) is 11.1 Å². The van der Waals surface area contributed by atoms with Crippen LogP contribution in [0.15, 0.2) is 53.3 Å². The molecule has 1 heterocycles. The largest absolute Gasteiger partial charge is 0.457 e. The Morgan fingerprint density at radius 1 is 1.00 bits per heavy atom. The number of aromatic amines is 1. The molecule has 6 heteroatoms. The summed E-state index contributed by atoms with van der Waals surface area (Å²) >= 11 is 0. The van der Waals surface area contributed by atoms with Crippen molar-refractivity contribution in [3.05, 3.63) is 75.6 Å². The zero-order valence-electron chi connectivity index (χ0n) is 13.9. The van der Waals surface area contributed by atoms with E-state index in [1.165, 1.54) is 0 Å². The van der Waals surface area contributed by atoms with Gasteiger partial charge in [-0.15, -0.1) is 0 Å². The summed E-state index contributed by atoms with van der Waals surface area (Å²) in [5.74, 6) is 0.920. The number of pyridine rings is 1. The van der Waals surface area contributed by atoms with E-state index < -0.39 is 5.56 Å². The number of rotatable bonds is 3. The maximum absolute atomic E-state index is 12.1. The molecule has 0 radical (unpaired) electrons. The monoisotopic (exact) mass is 342 g/mol. The second-order valence-corrected chi connectivity index (χ2v) is 5.63. The van der Waals surface area contributed by atoms with E-state index in [1.54, 1.807) is 24.3 Å². The Balaban J connectivity index is 2.24. The zero-order valence-corrected chi connectivity index (χ0v) is 13.9. The molecule has 0 spiro atoms. The van der Waals surface area contributed by atoms with Gasteiger partial charge < -0.3 is 15.5 Å². The SMILES string of the molecule is Cc1ccc(Oc2ccccc2-c2c(C#N)c(N)[nH]c(=O)c2C#N)cc1. The van der Waals surface area contributed by atoms with Crippen LogP contribution in [-0.2, 0) is 0 Å². The quantitative estimate of drug-likeness (QED) is 0.756. The van der Waals surface area contributed by atoms with Crippen molar-refractivity contribution in [1.82, 2.24) is 4.98 Å². The van der Waals surface area contributed by atoms with Gasteiger partial charge in [0.25, 0.3) is 5.56 Å². The van der Waals surface area contributed by atoms with Crippen LogP contribution >= 0.6 is 0 Å². The Morgan fingerprint density at radius 2 is 1.65 bits per heavy atom. The maximum Gasteiger partial charge on any atom is 0.268 e. The fourth-order valence-corrected chi connectivity index (χ4v) is 2.61. The van der Waals surface area contributed by atoms with E-state index in [0.29, 0.717) is 17.1 Å². The first kappa shape index (κ1) is 16.8. The molecule has 0 saturated heterocycles. The van der Waals surface area contributed by atoms with Crippen LogP contribution in [-0.4, -0.2) is 4.98 Å². The van der Waals surface area contributed by atoms with Crippen LogP contribution in [0, 0.1) is 29.6 Å². The number of nitrogen functional groups attached to an aromatic ring is 1. The number of nitrogens with one attached hydrogen (secondary N) is 1. The van der Waals surface area contributed by atoms with Gasteiger partial charge in [0.15, 0.2) is 0 Å². The Labute approximate surface area is 149 Å². The lowest BCUT2D eigenvalue weighted by Crippen LogP contribution is -2.16. The molecule has 0 amide bonds. The van der Waals surface area contributed by atoms with Gasteiger partial charge in [0.1, 0.15) is 40.6 Å². The Morgan fingerprint density at radius 3 is 2.31 bits per heavy atom. The summed E-state index contributed by atoms with van der Waals surface area (Å²) in [4.78, 5) is 14.5. The summed E-state index contributed by atoms with van der Waals surface area (Å²) < 4.78 is 5.93. The number of hydrogen-bond acceptors (Lipinski definition) is 5. The first-order valence-electron chi connectivity index (χ1n) is 7.75. The molecule has 0 unspecified atom stereocenters. The molecular weight excluding hydrogens is 328 g/mol. The van der Waals surface area contributed by atoms with Crippen molar-refractivity contribution in [3.63, 3.8) is 0 Å². The molecule has 3 rings (SSSR count). The predicted octanol–water partition coefficient (Wildman–Crippen LogP) is 3.47. The molecule has 126 valence electrons. The van der Waals surface area contributed by atoms with Gasteiger partial charge in [0.05, 0.1) is 0 Å². The molecule has 0 saturated carbocycles. The third kappa shape index (κ3) is 3.00. The Hall–Kier alpha value is -4.03. The van der Waals surface area contributed by atoms with Crippen molar-refractivity contribution in [3.8, 4) is 34.8 Å². The summed E-state index contributed by atoms with van der Waals surface area (Å²) in [5, 5.41) is 18.9. The lowest BCUT2D eigenvalue weighted by atomic mass is 9.96.